The summed E-state index contributed by atoms with van der Waals surface area (Å²) in [6.45, 7) is 1.51. The molecule has 1 unspecified atom stereocenters. The molecule has 0 saturated carbocycles. The van der Waals surface area contributed by atoms with E-state index in [1.165, 1.54) is 11.8 Å². The van der Waals surface area contributed by atoms with Gasteiger partial charge in [-0.3, -0.25) is 9.59 Å². The summed E-state index contributed by atoms with van der Waals surface area (Å²) in [5.74, 6) is 0.00783. The van der Waals surface area contributed by atoms with Crippen molar-refractivity contribution in [3.8, 4) is 0 Å². The molecule has 1 rings (SSSR count). The van der Waals surface area contributed by atoms with Crippen molar-refractivity contribution in [2.75, 3.05) is 7.05 Å². The first-order valence-electron chi connectivity index (χ1n) is 4.86. The molecule has 0 N–H and O–H groups in total. The lowest BCUT2D eigenvalue weighted by atomic mass is 10.0. The second-order valence-corrected chi connectivity index (χ2v) is 3.59. The van der Waals surface area contributed by atoms with Crippen LogP contribution >= 0.6 is 0 Å². The molecule has 15 heavy (non-hydrogen) atoms. The maximum Gasteiger partial charge on any atom is 0.210 e. The van der Waals surface area contributed by atoms with Gasteiger partial charge in [0.1, 0.15) is 0 Å². The number of hydrogen-bond acceptors (Lipinski definition) is 2. The van der Waals surface area contributed by atoms with E-state index in [1.807, 2.05) is 30.3 Å². The maximum atomic E-state index is 11.3. The van der Waals surface area contributed by atoms with Crippen molar-refractivity contribution in [2.24, 2.45) is 0 Å². The average molecular weight is 205 g/mol. The lowest BCUT2D eigenvalue weighted by molar-refractivity contribution is -0.128. The van der Waals surface area contributed by atoms with Gasteiger partial charge in [-0.1, -0.05) is 30.3 Å². The van der Waals surface area contributed by atoms with Crippen LogP contribution in [0.3, 0.4) is 0 Å². The highest BCUT2D eigenvalue weighted by Crippen LogP contribution is 2.07. The van der Waals surface area contributed by atoms with Gasteiger partial charge in [-0.25, -0.2) is 0 Å². The van der Waals surface area contributed by atoms with Crippen LogP contribution < -0.4 is 0 Å². The summed E-state index contributed by atoms with van der Waals surface area (Å²) in [5, 5.41) is 0. The molecule has 0 aromatic heterocycles. The number of nitrogens with zero attached hydrogens (tertiary/aromatic N) is 1. The highest BCUT2D eigenvalue weighted by molar-refractivity contribution is 5.83. The van der Waals surface area contributed by atoms with Gasteiger partial charge in [0.05, 0.1) is 6.04 Å². The molecule has 0 bridgehead atoms. The van der Waals surface area contributed by atoms with Crippen molar-refractivity contribution in [2.45, 2.75) is 19.4 Å². The molecule has 3 nitrogen and oxygen atoms in total. The van der Waals surface area contributed by atoms with Crippen LogP contribution in [-0.2, 0) is 16.0 Å². The van der Waals surface area contributed by atoms with Crippen LogP contribution in [0.2, 0.25) is 0 Å². The lowest BCUT2D eigenvalue weighted by Gasteiger charge is -2.21. The van der Waals surface area contributed by atoms with Gasteiger partial charge in [0.2, 0.25) is 6.41 Å². The van der Waals surface area contributed by atoms with Gasteiger partial charge in [-0.2, -0.15) is 0 Å². The highest BCUT2D eigenvalue weighted by Gasteiger charge is 2.18. The summed E-state index contributed by atoms with van der Waals surface area (Å²) in [6.07, 6.45) is 1.26. The molecule has 0 spiro atoms. The van der Waals surface area contributed by atoms with Crippen LogP contribution in [0, 0.1) is 0 Å². The van der Waals surface area contributed by atoms with Crippen molar-refractivity contribution < 1.29 is 9.59 Å². The van der Waals surface area contributed by atoms with Crippen LogP contribution in [0.15, 0.2) is 30.3 Å². The predicted octanol–water partition coefficient (Wildman–Crippen LogP) is 1.27. The summed E-state index contributed by atoms with van der Waals surface area (Å²) in [7, 11) is 1.63. The smallest absolute Gasteiger partial charge is 0.210 e. The zero-order chi connectivity index (χ0) is 11.3. The SMILES string of the molecule is CC(=O)C(Cc1ccccc1)N(C)C=O. The molecular formula is C12H15NO2. The van der Waals surface area contributed by atoms with E-state index in [0.29, 0.717) is 12.8 Å². The number of Topliss-reactive ketones (excluding diaryl/α,β-unsaturated/α-hetero) is 1. The first kappa shape index (κ1) is 11.4. The third-order valence-electron chi connectivity index (χ3n) is 2.40. The van der Waals surface area contributed by atoms with Crippen molar-refractivity contribution in [1.82, 2.24) is 4.90 Å². The Morgan fingerprint density at radius 3 is 2.47 bits per heavy atom. The number of ketones is 1. The van der Waals surface area contributed by atoms with Crippen LogP contribution in [0.4, 0.5) is 0 Å². The number of amides is 1. The molecule has 1 amide bonds. The number of benzene rings is 1. The van der Waals surface area contributed by atoms with Gasteiger partial charge in [-0.15, -0.1) is 0 Å². The minimum Gasteiger partial charge on any atom is -0.338 e. The Kier molecular flexibility index (Phi) is 4.03. The molecule has 80 valence electrons. The molecular weight excluding hydrogens is 190 g/mol. The number of carbonyl (C=O) groups is 2. The standard InChI is InChI=1S/C12H15NO2/c1-10(15)12(13(2)9-14)8-11-6-4-3-5-7-11/h3-7,9,12H,8H2,1-2H3. The first-order chi connectivity index (χ1) is 7.15. The van der Waals surface area contributed by atoms with Gasteiger partial charge >= 0.3 is 0 Å². The van der Waals surface area contributed by atoms with E-state index in [2.05, 4.69) is 0 Å². The molecule has 0 saturated heterocycles. The fraction of sp³-hybridized carbons (Fsp3) is 0.333. The molecule has 3 heteroatoms. The Balaban J connectivity index is 2.76. The molecule has 1 aromatic carbocycles. The summed E-state index contributed by atoms with van der Waals surface area (Å²) in [5.41, 5.74) is 1.06. The largest absolute Gasteiger partial charge is 0.338 e. The molecule has 0 radical (unpaired) electrons. The average Bonchev–Trinajstić information content (AvgIpc) is 2.26. The topological polar surface area (TPSA) is 37.4 Å². The van der Waals surface area contributed by atoms with Crippen molar-refractivity contribution >= 4 is 12.2 Å². The van der Waals surface area contributed by atoms with Gasteiger partial charge in [0, 0.05) is 7.05 Å². The summed E-state index contributed by atoms with van der Waals surface area (Å²) in [6, 6.07) is 9.32. The molecule has 1 atom stereocenters. The van der Waals surface area contributed by atoms with E-state index in [9.17, 15) is 9.59 Å². The second-order valence-electron chi connectivity index (χ2n) is 3.59. The third-order valence-corrected chi connectivity index (χ3v) is 2.40. The maximum absolute atomic E-state index is 11.3. The molecule has 0 fully saturated rings. The predicted molar refractivity (Wildman–Crippen MR) is 58.4 cm³/mol. The lowest BCUT2D eigenvalue weighted by Crippen LogP contribution is -2.38. The fourth-order valence-electron chi connectivity index (χ4n) is 1.49. The Morgan fingerprint density at radius 1 is 1.40 bits per heavy atom. The van der Waals surface area contributed by atoms with Gasteiger partial charge in [0.25, 0.3) is 0 Å². The molecule has 0 aliphatic rings. The Hall–Kier alpha value is -1.64. The molecule has 0 aliphatic carbocycles. The van der Waals surface area contributed by atoms with Crippen LogP contribution in [0.5, 0.6) is 0 Å². The van der Waals surface area contributed by atoms with Crippen LogP contribution in [0.25, 0.3) is 0 Å². The van der Waals surface area contributed by atoms with Crippen molar-refractivity contribution in [3.05, 3.63) is 35.9 Å². The van der Waals surface area contributed by atoms with Crippen LogP contribution in [-0.4, -0.2) is 30.2 Å². The highest BCUT2D eigenvalue weighted by atomic mass is 16.1. The quantitative estimate of drug-likeness (QED) is 0.679. The normalized spacial score (nSPS) is 11.9. The molecule has 1 aromatic rings. The summed E-state index contributed by atoms with van der Waals surface area (Å²) < 4.78 is 0. The van der Waals surface area contributed by atoms with Gasteiger partial charge in [0.15, 0.2) is 5.78 Å². The monoisotopic (exact) mass is 205 g/mol. The molecule has 0 aliphatic heterocycles. The first-order valence-corrected chi connectivity index (χ1v) is 4.86. The Bertz CT molecular complexity index is 335. The second kappa shape index (κ2) is 5.29. The fourth-order valence-corrected chi connectivity index (χ4v) is 1.49. The molecule has 0 heterocycles. The minimum absolute atomic E-state index is 0.00783. The zero-order valence-corrected chi connectivity index (χ0v) is 9.01. The number of hydrogen-bond donors (Lipinski definition) is 0. The van der Waals surface area contributed by atoms with Gasteiger partial charge in [-0.05, 0) is 18.9 Å². The van der Waals surface area contributed by atoms with E-state index in [0.717, 1.165) is 5.56 Å². The van der Waals surface area contributed by atoms with E-state index in [-0.39, 0.29) is 11.8 Å². The number of likely N-dealkylation sites (N-methyl/N-ethyl adjacent to an activating group) is 1. The number of rotatable bonds is 5. The third kappa shape index (κ3) is 3.20. The Labute approximate surface area is 89.7 Å². The van der Waals surface area contributed by atoms with Crippen LogP contribution in [0.1, 0.15) is 12.5 Å². The zero-order valence-electron chi connectivity index (χ0n) is 9.01. The van der Waals surface area contributed by atoms with E-state index < -0.39 is 0 Å². The number of carbonyl (C=O) groups excluding carboxylic acids is 2. The summed E-state index contributed by atoms with van der Waals surface area (Å²) >= 11 is 0. The van der Waals surface area contributed by atoms with Crippen molar-refractivity contribution in [3.63, 3.8) is 0 Å². The summed E-state index contributed by atoms with van der Waals surface area (Å²) in [4.78, 5) is 23.4. The van der Waals surface area contributed by atoms with Crippen molar-refractivity contribution in [1.29, 1.82) is 0 Å². The van der Waals surface area contributed by atoms with Gasteiger partial charge < -0.3 is 4.90 Å². The van der Waals surface area contributed by atoms with E-state index in [1.54, 1.807) is 7.05 Å². The minimum atomic E-state index is -0.357. The van der Waals surface area contributed by atoms with E-state index in [4.69, 9.17) is 0 Å². The van der Waals surface area contributed by atoms with E-state index >= 15 is 0 Å². The Morgan fingerprint density at radius 2 is 2.00 bits per heavy atom.